The molecular weight excluding hydrogens is 283 g/mol. The standard InChI is InChI=1S/C12H13ClF3NO2/c1-7(6-18)5-17-11(19)8-2-3-10(13)9(4-8)12(14,15)16/h2-4,7,18H,5-6H2,1H3,(H,17,19). The predicted molar refractivity (Wildman–Crippen MR) is 65.0 cm³/mol. The molecule has 106 valence electrons. The third-order valence-electron chi connectivity index (χ3n) is 2.46. The number of aliphatic hydroxyl groups excluding tert-OH is 1. The second-order valence-electron chi connectivity index (χ2n) is 4.19. The molecule has 0 saturated heterocycles. The van der Waals surface area contributed by atoms with Gasteiger partial charge in [0.1, 0.15) is 0 Å². The average Bonchev–Trinajstić information content (AvgIpc) is 2.34. The van der Waals surface area contributed by atoms with Crippen molar-refractivity contribution in [3.63, 3.8) is 0 Å². The molecule has 19 heavy (non-hydrogen) atoms. The number of carbonyl (C=O) groups is 1. The van der Waals surface area contributed by atoms with Crippen LogP contribution in [0.3, 0.4) is 0 Å². The summed E-state index contributed by atoms with van der Waals surface area (Å²) in [6.45, 7) is 1.76. The summed E-state index contributed by atoms with van der Waals surface area (Å²) in [5.41, 5.74) is -1.17. The van der Waals surface area contributed by atoms with Gasteiger partial charge in [-0.25, -0.2) is 0 Å². The van der Waals surface area contributed by atoms with Crippen molar-refractivity contribution in [1.29, 1.82) is 0 Å². The van der Waals surface area contributed by atoms with Gasteiger partial charge in [-0.2, -0.15) is 13.2 Å². The Bertz CT molecular complexity index is 463. The zero-order valence-electron chi connectivity index (χ0n) is 10.1. The number of nitrogens with one attached hydrogen (secondary N) is 1. The number of alkyl halides is 3. The summed E-state index contributed by atoms with van der Waals surface area (Å²) in [5.74, 6) is -0.805. The number of aliphatic hydroxyl groups is 1. The van der Waals surface area contributed by atoms with Crippen LogP contribution in [0.1, 0.15) is 22.8 Å². The van der Waals surface area contributed by atoms with Crippen molar-refractivity contribution >= 4 is 17.5 Å². The van der Waals surface area contributed by atoms with Crippen molar-refractivity contribution in [2.75, 3.05) is 13.2 Å². The summed E-state index contributed by atoms with van der Waals surface area (Å²) in [6.07, 6.45) is -4.61. The van der Waals surface area contributed by atoms with E-state index in [1.165, 1.54) is 6.07 Å². The highest BCUT2D eigenvalue weighted by molar-refractivity contribution is 6.31. The van der Waals surface area contributed by atoms with E-state index in [0.29, 0.717) is 6.07 Å². The molecule has 0 aromatic heterocycles. The molecule has 0 radical (unpaired) electrons. The van der Waals surface area contributed by atoms with Crippen molar-refractivity contribution < 1.29 is 23.1 Å². The van der Waals surface area contributed by atoms with Gasteiger partial charge in [-0.3, -0.25) is 4.79 Å². The Balaban J connectivity index is 2.87. The third-order valence-corrected chi connectivity index (χ3v) is 2.79. The number of halogens is 4. The van der Waals surface area contributed by atoms with Gasteiger partial charge in [0.25, 0.3) is 5.91 Å². The van der Waals surface area contributed by atoms with E-state index in [1.54, 1.807) is 6.92 Å². The normalized spacial score (nSPS) is 13.2. The highest BCUT2D eigenvalue weighted by Crippen LogP contribution is 2.35. The minimum absolute atomic E-state index is 0.116. The minimum Gasteiger partial charge on any atom is -0.396 e. The monoisotopic (exact) mass is 295 g/mol. The number of hydrogen-bond acceptors (Lipinski definition) is 2. The Morgan fingerprint density at radius 3 is 2.63 bits per heavy atom. The van der Waals surface area contributed by atoms with Gasteiger partial charge in [-0.1, -0.05) is 18.5 Å². The third kappa shape index (κ3) is 4.40. The van der Waals surface area contributed by atoms with Crippen molar-refractivity contribution in [1.82, 2.24) is 5.32 Å². The fourth-order valence-corrected chi connectivity index (χ4v) is 1.54. The molecule has 1 aromatic rings. The molecular formula is C12H13ClF3NO2. The molecule has 0 aliphatic carbocycles. The number of hydrogen-bond donors (Lipinski definition) is 2. The maximum absolute atomic E-state index is 12.6. The second-order valence-corrected chi connectivity index (χ2v) is 4.60. The lowest BCUT2D eigenvalue weighted by Gasteiger charge is -2.12. The molecule has 0 aliphatic rings. The first-order valence-corrected chi connectivity index (χ1v) is 5.89. The van der Waals surface area contributed by atoms with Crippen LogP contribution < -0.4 is 5.32 Å². The van der Waals surface area contributed by atoms with Crippen molar-refractivity contribution in [3.05, 3.63) is 34.3 Å². The van der Waals surface area contributed by atoms with Gasteiger partial charge >= 0.3 is 6.18 Å². The molecule has 1 unspecified atom stereocenters. The van der Waals surface area contributed by atoms with Crippen LogP contribution in [-0.2, 0) is 6.18 Å². The molecule has 0 saturated carbocycles. The van der Waals surface area contributed by atoms with Crippen LogP contribution >= 0.6 is 11.6 Å². The van der Waals surface area contributed by atoms with Crippen molar-refractivity contribution in [2.45, 2.75) is 13.1 Å². The quantitative estimate of drug-likeness (QED) is 0.897. The lowest BCUT2D eigenvalue weighted by molar-refractivity contribution is -0.137. The Hall–Kier alpha value is -1.27. The van der Waals surface area contributed by atoms with Crippen LogP contribution in [0.25, 0.3) is 0 Å². The van der Waals surface area contributed by atoms with Gasteiger partial charge in [0.15, 0.2) is 0 Å². The SMILES string of the molecule is CC(CO)CNC(=O)c1ccc(Cl)c(C(F)(F)F)c1. The van der Waals surface area contributed by atoms with E-state index in [2.05, 4.69) is 5.32 Å². The Kier molecular flexibility index (Phi) is 5.20. The van der Waals surface area contributed by atoms with Gasteiger partial charge in [0, 0.05) is 18.7 Å². The van der Waals surface area contributed by atoms with Gasteiger partial charge in [-0.05, 0) is 24.1 Å². The molecule has 3 nitrogen and oxygen atoms in total. The zero-order valence-corrected chi connectivity index (χ0v) is 10.8. The molecule has 0 fully saturated rings. The van der Waals surface area contributed by atoms with E-state index in [1.807, 2.05) is 0 Å². The Morgan fingerprint density at radius 2 is 2.11 bits per heavy atom. The average molecular weight is 296 g/mol. The minimum atomic E-state index is -4.61. The first-order chi connectivity index (χ1) is 8.75. The summed E-state index contributed by atoms with van der Waals surface area (Å²) >= 11 is 5.45. The molecule has 1 amide bonds. The van der Waals surface area contributed by atoms with Gasteiger partial charge in [0.2, 0.25) is 0 Å². The molecule has 0 spiro atoms. The van der Waals surface area contributed by atoms with E-state index >= 15 is 0 Å². The summed E-state index contributed by atoms with van der Waals surface area (Å²) < 4.78 is 37.8. The van der Waals surface area contributed by atoms with Crippen LogP contribution in [-0.4, -0.2) is 24.2 Å². The lowest BCUT2D eigenvalue weighted by atomic mass is 10.1. The summed E-state index contributed by atoms with van der Waals surface area (Å²) in [6, 6.07) is 2.96. The Morgan fingerprint density at radius 1 is 1.47 bits per heavy atom. The smallest absolute Gasteiger partial charge is 0.396 e. The highest BCUT2D eigenvalue weighted by atomic mass is 35.5. The maximum Gasteiger partial charge on any atom is 0.417 e. The van der Waals surface area contributed by atoms with Gasteiger partial charge in [-0.15, -0.1) is 0 Å². The summed E-state index contributed by atoms with van der Waals surface area (Å²) in [4.78, 5) is 11.7. The van der Waals surface area contributed by atoms with Crippen molar-refractivity contribution in [2.24, 2.45) is 5.92 Å². The van der Waals surface area contributed by atoms with E-state index in [-0.39, 0.29) is 24.6 Å². The fourth-order valence-electron chi connectivity index (χ4n) is 1.32. The van der Waals surface area contributed by atoms with Crippen LogP contribution in [0, 0.1) is 5.92 Å². The van der Waals surface area contributed by atoms with Gasteiger partial charge in [0.05, 0.1) is 10.6 Å². The molecule has 0 bridgehead atoms. The fraction of sp³-hybridized carbons (Fsp3) is 0.417. The van der Waals surface area contributed by atoms with Crippen molar-refractivity contribution in [3.8, 4) is 0 Å². The zero-order chi connectivity index (χ0) is 14.6. The predicted octanol–water partition coefficient (Wildman–Crippen LogP) is 2.72. The highest BCUT2D eigenvalue weighted by Gasteiger charge is 2.33. The largest absolute Gasteiger partial charge is 0.417 e. The van der Waals surface area contributed by atoms with E-state index < -0.39 is 22.7 Å². The molecule has 1 rings (SSSR count). The molecule has 1 aromatic carbocycles. The van der Waals surface area contributed by atoms with Crippen LogP contribution in [0.4, 0.5) is 13.2 Å². The van der Waals surface area contributed by atoms with Gasteiger partial charge < -0.3 is 10.4 Å². The topological polar surface area (TPSA) is 49.3 Å². The van der Waals surface area contributed by atoms with E-state index in [9.17, 15) is 18.0 Å². The first kappa shape index (κ1) is 15.8. The van der Waals surface area contributed by atoms with Crippen LogP contribution in [0.2, 0.25) is 5.02 Å². The molecule has 1 atom stereocenters. The number of rotatable bonds is 4. The molecule has 0 heterocycles. The lowest BCUT2D eigenvalue weighted by Crippen LogP contribution is -2.29. The van der Waals surface area contributed by atoms with E-state index in [4.69, 9.17) is 16.7 Å². The maximum atomic E-state index is 12.6. The van der Waals surface area contributed by atoms with E-state index in [0.717, 1.165) is 6.07 Å². The molecule has 0 aliphatic heterocycles. The number of carbonyl (C=O) groups excluding carboxylic acids is 1. The first-order valence-electron chi connectivity index (χ1n) is 5.51. The van der Waals surface area contributed by atoms with Crippen LogP contribution in [0.5, 0.6) is 0 Å². The molecule has 2 N–H and O–H groups in total. The summed E-state index contributed by atoms with van der Waals surface area (Å²) in [5, 5.41) is 10.8. The Labute approximate surface area is 113 Å². The number of benzene rings is 1. The second kappa shape index (κ2) is 6.25. The number of amides is 1. The van der Waals surface area contributed by atoms with Crippen LogP contribution in [0.15, 0.2) is 18.2 Å². The summed E-state index contributed by atoms with van der Waals surface area (Å²) in [7, 11) is 0. The molecule has 7 heteroatoms.